The quantitative estimate of drug-likeness (QED) is 0.209. The summed E-state index contributed by atoms with van der Waals surface area (Å²) in [6, 6.07) is 8.62. The van der Waals surface area contributed by atoms with Crippen LogP contribution in [0.3, 0.4) is 0 Å². The highest BCUT2D eigenvalue weighted by Crippen LogP contribution is 2.45. The van der Waals surface area contributed by atoms with Gasteiger partial charge in [-0.1, -0.05) is 24.3 Å². The predicted molar refractivity (Wildman–Crippen MR) is 150 cm³/mol. The summed E-state index contributed by atoms with van der Waals surface area (Å²) in [6.45, 7) is 3.88. The van der Waals surface area contributed by atoms with Crippen LogP contribution in [0.15, 0.2) is 61.6 Å². The fourth-order valence-corrected chi connectivity index (χ4v) is 4.69. The van der Waals surface area contributed by atoms with Crippen LogP contribution in [0.5, 0.6) is 5.88 Å². The smallest absolute Gasteiger partial charge is 0.434 e. The van der Waals surface area contributed by atoms with E-state index in [0.717, 1.165) is 30.3 Å². The van der Waals surface area contributed by atoms with Crippen molar-refractivity contribution in [3.8, 4) is 28.7 Å². The zero-order valence-corrected chi connectivity index (χ0v) is 23.6. The van der Waals surface area contributed by atoms with Gasteiger partial charge in [0.15, 0.2) is 11.5 Å². The maximum atomic E-state index is 13.4. The molecule has 0 N–H and O–H groups in total. The molecular formula is C29H27F3N10O. The maximum absolute atomic E-state index is 13.4. The first-order chi connectivity index (χ1) is 20.7. The third-order valence-electron chi connectivity index (χ3n) is 6.95. The van der Waals surface area contributed by atoms with Crippen molar-refractivity contribution >= 4 is 11.9 Å². The first-order valence-corrected chi connectivity index (χ1v) is 13.6. The Morgan fingerprint density at radius 3 is 2.30 bits per heavy atom. The van der Waals surface area contributed by atoms with Crippen molar-refractivity contribution in [1.82, 2.24) is 44.4 Å². The molecule has 0 unspecified atom stereocenters. The number of anilines is 2. The van der Waals surface area contributed by atoms with Crippen LogP contribution in [0, 0.1) is 0 Å². The zero-order chi connectivity index (χ0) is 30.1. The molecule has 0 bridgehead atoms. The first kappa shape index (κ1) is 28.1. The number of rotatable bonds is 9. The molecule has 0 amide bonds. The molecular weight excluding hydrogens is 561 g/mol. The summed E-state index contributed by atoms with van der Waals surface area (Å²) in [5, 5.41) is 0. The van der Waals surface area contributed by atoms with E-state index in [1.807, 2.05) is 26.0 Å². The predicted octanol–water partition coefficient (Wildman–Crippen LogP) is 5.81. The van der Waals surface area contributed by atoms with E-state index in [0.29, 0.717) is 28.8 Å². The van der Waals surface area contributed by atoms with Gasteiger partial charge in [-0.05, 0) is 38.3 Å². The number of nitrogens with zero attached hydrogens (tertiary/aromatic N) is 10. The molecule has 0 saturated heterocycles. The molecule has 14 heteroatoms. The van der Waals surface area contributed by atoms with E-state index in [1.165, 1.54) is 24.3 Å². The summed E-state index contributed by atoms with van der Waals surface area (Å²) in [5.74, 6) is 1.91. The van der Waals surface area contributed by atoms with Gasteiger partial charge in [-0.15, -0.1) is 0 Å². The Morgan fingerprint density at radius 1 is 0.930 bits per heavy atom. The third kappa shape index (κ3) is 5.85. The lowest BCUT2D eigenvalue weighted by Crippen LogP contribution is -2.22. The number of hydrogen-bond acceptors (Lipinski definition) is 10. The molecule has 0 atom stereocenters. The van der Waals surface area contributed by atoms with Gasteiger partial charge in [0.05, 0.1) is 19.3 Å². The second kappa shape index (κ2) is 11.3. The average molecular weight is 589 g/mol. The minimum Gasteiger partial charge on any atom is -0.480 e. The van der Waals surface area contributed by atoms with E-state index >= 15 is 0 Å². The Balaban J connectivity index is 1.35. The van der Waals surface area contributed by atoms with Gasteiger partial charge < -0.3 is 9.30 Å². The van der Waals surface area contributed by atoms with Crippen LogP contribution in [0.4, 0.5) is 25.1 Å². The first-order valence-electron chi connectivity index (χ1n) is 13.6. The van der Waals surface area contributed by atoms with Gasteiger partial charge in [0, 0.05) is 36.1 Å². The monoisotopic (exact) mass is 588 g/mol. The lowest BCUT2D eigenvalue weighted by molar-refractivity contribution is -0.140. The SMILES string of the molecule is COc1ncnc(C2CC2)c1-c1ncnc(N(Cc2ccc(-c3nc(C(F)(F)F)cn3C(C)C)cc2)c2ncccn2)n1. The van der Waals surface area contributed by atoms with Crippen LogP contribution in [0.25, 0.3) is 22.8 Å². The van der Waals surface area contributed by atoms with Gasteiger partial charge in [-0.3, -0.25) is 4.90 Å². The molecule has 1 saturated carbocycles. The Morgan fingerprint density at radius 2 is 1.65 bits per heavy atom. The minimum atomic E-state index is -4.54. The minimum absolute atomic E-state index is 0.212. The molecule has 43 heavy (non-hydrogen) atoms. The summed E-state index contributed by atoms with van der Waals surface area (Å²) in [6.07, 6.45) is 4.65. The van der Waals surface area contributed by atoms with Crippen molar-refractivity contribution in [2.24, 2.45) is 0 Å². The molecule has 220 valence electrons. The summed E-state index contributed by atoms with van der Waals surface area (Å²) in [4.78, 5) is 36.8. The van der Waals surface area contributed by atoms with Gasteiger partial charge in [-0.2, -0.15) is 18.2 Å². The summed E-state index contributed by atoms with van der Waals surface area (Å²) >= 11 is 0. The van der Waals surface area contributed by atoms with Crippen LogP contribution >= 0.6 is 0 Å². The third-order valence-corrected chi connectivity index (χ3v) is 6.95. The van der Waals surface area contributed by atoms with Crippen LogP contribution in [0.1, 0.15) is 55.6 Å². The molecule has 1 aliphatic rings. The van der Waals surface area contributed by atoms with Crippen LogP contribution < -0.4 is 9.64 Å². The number of halogens is 3. The van der Waals surface area contributed by atoms with E-state index in [9.17, 15) is 13.2 Å². The largest absolute Gasteiger partial charge is 0.480 e. The van der Waals surface area contributed by atoms with Crippen molar-refractivity contribution in [2.45, 2.75) is 51.4 Å². The number of alkyl halides is 3. The van der Waals surface area contributed by atoms with Crippen LogP contribution in [-0.4, -0.2) is 51.5 Å². The van der Waals surface area contributed by atoms with Crippen molar-refractivity contribution in [2.75, 3.05) is 12.0 Å². The molecule has 1 aromatic carbocycles. The van der Waals surface area contributed by atoms with Gasteiger partial charge in [0.2, 0.25) is 17.8 Å². The number of methoxy groups -OCH3 is 1. The summed E-state index contributed by atoms with van der Waals surface area (Å²) < 4.78 is 47.3. The second-order valence-corrected chi connectivity index (χ2v) is 10.3. The van der Waals surface area contributed by atoms with Gasteiger partial charge >= 0.3 is 6.18 Å². The normalized spacial score (nSPS) is 13.4. The molecule has 1 aliphatic carbocycles. The number of aromatic nitrogens is 9. The molecule has 0 aliphatic heterocycles. The molecule has 4 aromatic heterocycles. The average Bonchev–Trinajstić information content (AvgIpc) is 3.76. The molecule has 0 radical (unpaired) electrons. The van der Waals surface area contributed by atoms with E-state index in [1.54, 1.807) is 35.5 Å². The molecule has 4 heterocycles. The zero-order valence-electron chi connectivity index (χ0n) is 23.6. The fourth-order valence-electron chi connectivity index (χ4n) is 4.69. The van der Waals surface area contributed by atoms with Crippen molar-refractivity contribution in [1.29, 1.82) is 0 Å². The van der Waals surface area contributed by atoms with Crippen LogP contribution in [0.2, 0.25) is 0 Å². The van der Waals surface area contributed by atoms with Gasteiger partial charge in [0.25, 0.3) is 0 Å². The molecule has 0 spiro atoms. The molecule has 6 rings (SSSR count). The fraction of sp³-hybridized carbons (Fsp3) is 0.310. The summed E-state index contributed by atoms with van der Waals surface area (Å²) in [7, 11) is 1.54. The number of hydrogen-bond donors (Lipinski definition) is 0. The van der Waals surface area contributed by atoms with E-state index in [4.69, 9.17) is 9.72 Å². The number of imidazole rings is 1. The maximum Gasteiger partial charge on any atom is 0.434 e. The van der Waals surface area contributed by atoms with Gasteiger partial charge in [-0.25, -0.2) is 34.9 Å². The molecule has 11 nitrogen and oxygen atoms in total. The lowest BCUT2D eigenvalue weighted by Gasteiger charge is -2.21. The van der Waals surface area contributed by atoms with Gasteiger partial charge in [0.1, 0.15) is 24.0 Å². The number of ether oxygens (including phenoxy) is 1. The lowest BCUT2D eigenvalue weighted by atomic mass is 10.1. The van der Waals surface area contributed by atoms with E-state index < -0.39 is 11.9 Å². The van der Waals surface area contributed by atoms with Crippen molar-refractivity contribution < 1.29 is 17.9 Å². The molecule has 5 aromatic rings. The topological polar surface area (TPSA) is 121 Å². The highest BCUT2D eigenvalue weighted by Gasteiger charge is 2.35. The standard InChI is InChI=1S/C29H27F3N10O/c1-17(2)41-14-21(29(30,31)32)39-25(41)20-7-5-18(6-8-20)13-42(27-33-11-4-12-34-27)28-38-16-36-24(40-28)22-23(19-9-10-19)35-15-37-26(22)43-3/h4-8,11-12,14-17,19H,9-10,13H2,1-3H3. The van der Waals surface area contributed by atoms with E-state index in [2.05, 4.69) is 34.9 Å². The Hall–Kier alpha value is -5.01. The summed E-state index contributed by atoms with van der Waals surface area (Å²) in [5.41, 5.74) is 1.89. The Labute approximate surface area is 244 Å². The van der Waals surface area contributed by atoms with Crippen LogP contribution in [-0.2, 0) is 12.7 Å². The molecule has 1 fully saturated rings. The van der Waals surface area contributed by atoms with Crippen molar-refractivity contribution in [3.63, 3.8) is 0 Å². The Bertz CT molecular complexity index is 1720. The van der Waals surface area contributed by atoms with E-state index in [-0.39, 0.29) is 30.3 Å². The highest BCUT2D eigenvalue weighted by atomic mass is 19.4. The highest BCUT2D eigenvalue weighted by molar-refractivity contribution is 5.67. The number of benzene rings is 1. The second-order valence-electron chi connectivity index (χ2n) is 10.3. The Kier molecular flexibility index (Phi) is 7.42. The van der Waals surface area contributed by atoms with Crippen molar-refractivity contribution in [3.05, 3.63) is 78.5 Å².